The van der Waals surface area contributed by atoms with Gasteiger partial charge < -0.3 is 4.90 Å². The van der Waals surface area contributed by atoms with Gasteiger partial charge in [0.25, 0.3) is 5.91 Å². The standard InChI is InChI=1S/C14H23N3O7S/c18-13(15-23-9-10-4-2-1-3-5-10)12-7-6-11-8-16(12)14(19)17(11)24-25(20,21)22/h10-12H,1-9H2,(H,15,18)(H,20,21,22)/t11-,12+/m1/s1. The number of nitrogens with one attached hydrogen (secondary N) is 1. The molecule has 3 amide bonds. The van der Waals surface area contributed by atoms with Crippen LogP contribution in [0.5, 0.6) is 0 Å². The van der Waals surface area contributed by atoms with Crippen LogP contribution in [0.2, 0.25) is 0 Å². The highest BCUT2D eigenvalue weighted by molar-refractivity contribution is 7.80. The highest BCUT2D eigenvalue weighted by atomic mass is 32.3. The van der Waals surface area contributed by atoms with Crippen molar-refractivity contribution in [1.29, 1.82) is 0 Å². The van der Waals surface area contributed by atoms with E-state index < -0.39 is 34.4 Å². The van der Waals surface area contributed by atoms with Crippen molar-refractivity contribution < 1.29 is 31.7 Å². The topological polar surface area (TPSA) is 125 Å². The number of amides is 3. The van der Waals surface area contributed by atoms with Gasteiger partial charge in [-0.2, -0.15) is 13.5 Å². The zero-order valence-electron chi connectivity index (χ0n) is 13.8. The third kappa shape index (κ3) is 4.40. The Kier molecular flexibility index (Phi) is 5.46. The lowest BCUT2D eigenvalue weighted by Crippen LogP contribution is -2.50. The third-order valence-electron chi connectivity index (χ3n) is 5.02. The second-order valence-electron chi connectivity index (χ2n) is 6.79. The van der Waals surface area contributed by atoms with Crippen molar-refractivity contribution in [2.45, 2.75) is 57.0 Å². The van der Waals surface area contributed by atoms with E-state index >= 15 is 0 Å². The van der Waals surface area contributed by atoms with Gasteiger partial charge in [0.1, 0.15) is 6.04 Å². The average Bonchev–Trinajstić information content (AvgIpc) is 2.79. The minimum atomic E-state index is -4.79. The van der Waals surface area contributed by atoms with E-state index in [2.05, 4.69) is 9.76 Å². The molecule has 2 saturated heterocycles. The zero-order valence-corrected chi connectivity index (χ0v) is 14.6. The van der Waals surface area contributed by atoms with Gasteiger partial charge in [0.2, 0.25) is 0 Å². The van der Waals surface area contributed by atoms with E-state index in [0.717, 1.165) is 12.8 Å². The number of hydroxylamine groups is 3. The molecule has 2 aliphatic heterocycles. The van der Waals surface area contributed by atoms with Gasteiger partial charge in [0.05, 0.1) is 12.6 Å². The van der Waals surface area contributed by atoms with E-state index in [1.165, 1.54) is 24.2 Å². The Labute approximate surface area is 146 Å². The number of carbonyl (C=O) groups excluding carboxylic acids is 2. The molecular weight excluding hydrogens is 354 g/mol. The van der Waals surface area contributed by atoms with E-state index in [-0.39, 0.29) is 6.54 Å². The molecule has 11 heteroatoms. The maximum atomic E-state index is 12.3. The molecule has 0 aromatic heterocycles. The largest absolute Gasteiger partial charge is 0.418 e. The summed E-state index contributed by atoms with van der Waals surface area (Å²) >= 11 is 0. The maximum absolute atomic E-state index is 12.3. The van der Waals surface area contributed by atoms with E-state index in [0.29, 0.717) is 30.4 Å². The number of carbonyl (C=O) groups is 2. The molecule has 0 aromatic rings. The molecule has 142 valence electrons. The van der Waals surface area contributed by atoms with Crippen LogP contribution in [0.3, 0.4) is 0 Å². The summed E-state index contributed by atoms with van der Waals surface area (Å²) in [7, 11) is -4.79. The summed E-state index contributed by atoms with van der Waals surface area (Å²) in [6.07, 6.45) is 6.53. The first kappa shape index (κ1) is 18.4. The lowest BCUT2D eigenvalue weighted by molar-refractivity contribution is -0.140. The number of rotatable bonds is 6. The second-order valence-corrected chi connectivity index (χ2v) is 7.80. The third-order valence-corrected chi connectivity index (χ3v) is 5.37. The van der Waals surface area contributed by atoms with Crippen LogP contribution in [0.4, 0.5) is 4.79 Å². The number of hydrogen-bond acceptors (Lipinski definition) is 6. The Morgan fingerprint density at radius 3 is 2.60 bits per heavy atom. The van der Waals surface area contributed by atoms with Crippen molar-refractivity contribution in [2.75, 3.05) is 13.2 Å². The molecule has 1 saturated carbocycles. The predicted molar refractivity (Wildman–Crippen MR) is 84.1 cm³/mol. The molecule has 0 radical (unpaired) electrons. The van der Waals surface area contributed by atoms with Crippen LogP contribution in [0, 0.1) is 5.92 Å². The van der Waals surface area contributed by atoms with Crippen LogP contribution in [-0.4, -0.2) is 60.1 Å². The van der Waals surface area contributed by atoms with Crippen molar-refractivity contribution in [3.8, 4) is 0 Å². The molecule has 3 aliphatic rings. The van der Waals surface area contributed by atoms with Gasteiger partial charge in [-0.1, -0.05) is 19.3 Å². The molecule has 1 aliphatic carbocycles. The molecule has 3 rings (SSSR count). The van der Waals surface area contributed by atoms with Gasteiger partial charge in [-0.15, -0.1) is 4.28 Å². The van der Waals surface area contributed by atoms with Crippen LogP contribution in [0.15, 0.2) is 0 Å². The summed E-state index contributed by atoms with van der Waals surface area (Å²) in [5.74, 6) is 0.00757. The fourth-order valence-electron chi connectivity index (χ4n) is 3.76. The molecule has 2 atom stereocenters. The van der Waals surface area contributed by atoms with Crippen LogP contribution in [-0.2, 0) is 24.3 Å². The molecule has 10 nitrogen and oxygen atoms in total. The summed E-state index contributed by atoms with van der Waals surface area (Å²) in [5.41, 5.74) is 2.41. The van der Waals surface area contributed by atoms with Gasteiger partial charge in [-0.3, -0.25) is 14.2 Å². The van der Waals surface area contributed by atoms with Gasteiger partial charge in [0.15, 0.2) is 0 Å². The number of fused-ring (bicyclic) bond motifs is 2. The van der Waals surface area contributed by atoms with Crippen LogP contribution >= 0.6 is 0 Å². The Balaban J connectivity index is 1.51. The van der Waals surface area contributed by atoms with Gasteiger partial charge >= 0.3 is 16.4 Å². The fraction of sp³-hybridized carbons (Fsp3) is 0.857. The molecule has 0 aromatic carbocycles. The first-order valence-electron chi connectivity index (χ1n) is 8.53. The lowest BCUT2D eigenvalue weighted by Gasteiger charge is -2.29. The van der Waals surface area contributed by atoms with Crippen molar-refractivity contribution in [2.24, 2.45) is 5.92 Å². The minimum absolute atomic E-state index is 0.162. The summed E-state index contributed by atoms with van der Waals surface area (Å²) in [5, 5.41) is 0.617. The Morgan fingerprint density at radius 2 is 1.92 bits per heavy atom. The molecule has 25 heavy (non-hydrogen) atoms. The molecular formula is C14H23N3O7S. The number of urea groups is 1. The summed E-state index contributed by atoms with van der Waals surface area (Å²) < 4.78 is 34.8. The quantitative estimate of drug-likeness (QED) is 0.513. The van der Waals surface area contributed by atoms with Crippen molar-refractivity contribution in [1.82, 2.24) is 15.4 Å². The minimum Gasteiger partial charge on any atom is -0.309 e. The predicted octanol–water partition coefficient (Wildman–Crippen LogP) is 0.618. The SMILES string of the molecule is O=C(NOCC1CCCCC1)[C@@H]1CC[C@@H]2CN1C(=O)N2OS(=O)(=O)O. The van der Waals surface area contributed by atoms with Crippen LogP contribution < -0.4 is 5.48 Å². The number of piperidine rings is 1. The molecule has 2 heterocycles. The number of nitrogens with zero attached hydrogens (tertiary/aromatic N) is 2. The van der Waals surface area contributed by atoms with Crippen molar-refractivity contribution in [3.05, 3.63) is 0 Å². The monoisotopic (exact) mass is 377 g/mol. The molecule has 2 N–H and O–H groups in total. The number of hydrogen-bond donors (Lipinski definition) is 2. The molecule has 3 fully saturated rings. The normalized spacial score (nSPS) is 27.6. The summed E-state index contributed by atoms with van der Waals surface area (Å²) in [4.78, 5) is 31.1. The fourth-order valence-corrected chi connectivity index (χ4v) is 4.15. The average molecular weight is 377 g/mol. The van der Waals surface area contributed by atoms with E-state index in [9.17, 15) is 18.0 Å². The maximum Gasteiger partial charge on any atom is 0.418 e. The first-order valence-corrected chi connectivity index (χ1v) is 9.90. The van der Waals surface area contributed by atoms with E-state index in [1.807, 2.05) is 0 Å². The molecule has 0 spiro atoms. The van der Waals surface area contributed by atoms with Crippen molar-refractivity contribution in [3.63, 3.8) is 0 Å². The smallest absolute Gasteiger partial charge is 0.309 e. The lowest BCUT2D eigenvalue weighted by atomic mass is 9.90. The van der Waals surface area contributed by atoms with Gasteiger partial charge in [0, 0.05) is 6.54 Å². The zero-order chi connectivity index (χ0) is 18.0. The Morgan fingerprint density at radius 1 is 1.20 bits per heavy atom. The molecule has 2 bridgehead atoms. The summed E-state index contributed by atoms with van der Waals surface area (Å²) in [6.45, 7) is 0.613. The van der Waals surface area contributed by atoms with Crippen LogP contribution in [0.1, 0.15) is 44.9 Å². The first-order chi connectivity index (χ1) is 11.8. The van der Waals surface area contributed by atoms with Crippen LogP contribution in [0.25, 0.3) is 0 Å². The molecule has 0 unspecified atom stereocenters. The van der Waals surface area contributed by atoms with E-state index in [4.69, 9.17) is 9.39 Å². The van der Waals surface area contributed by atoms with Gasteiger partial charge in [-0.25, -0.2) is 10.3 Å². The Hall–Kier alpha value is -1.43. The highest BCUT2D eigenvalue weighted by Gasteiger charge is 2.49. The summed E-state index contributed by atoms with van der Waals surface area (Å²) in [6, 6.07) is -2.01. The second kappa shape index (κ2) is 7.44. The van der Waals surface area contributed by atoms with Crippen molar-refractivity contribution >= 4 is 22.3 Å². The van der Waals surface area contributed by atoms with Gasteiger partial charge in [-0.05, 0) is 31.6 Å². The van der Waals surface area contributed by atoms with E-state index in [1.54, 1.807) is 0 Å². The Bertz CT molecular complexity index is 620. The highest BCUT2D eigenvalue weighted by Crippen LogP contribution is 2.30.